The van der Waals surface area contributed by atoms with Gasteiger partial charge in [-0.15, -0.1) is 0 Å². The van der Waals surface area contributed by atoms with Crippen molar-refractivity contribution in [1.82, 2.24) is 0 Å². The summed E-state index contributed by atoms with van der Waals surface area (Å²) in [5.41, 5.74) is 7.81. The Labute approximate surface area is 136 Å². The highest BCUT2D eigenvalue weighted by molar-refractivity contribution is 5.56. The molecule has 0 aromatic heterocycles. The molecule has 1 fully saturated rings. The number of aryl methyl sites for hydroxylation is 2. The Kier molecular flexibility index (Phi) is 3.19. The lowest BCUT2D eigenvalue weighted by Gasteiger charge is -2.56. The Morgan fingerprint density at radius 2 is 1.59 bits per heavy atom. The molecule has 122 valence electrons. The largest absolute Gasteiger partial charge is 0.368 e. The lowest BCUT2D eigenvalue weighted by Crippen LogP contribution is -2.56. The first-order valence-corrected chi connectivity index (χ1v) is 8.74. The van der Waals surface area contributed by atoms with Crippen molar-refractivity contribution in [3.05, 3.63) is 33.9 Å². The minimum absolute atomic E-state index is 0.0180. The van der Waals surface area contributed by atoms with Crippen LogP contribution in [0.5, 0.6) is 0 Å². The highest BCUT2D eigenvalue weighted by Crippen LogP contribution is 2.68. The second kappa shape index (κ2) is 4.38. The van der Waals surface area contributed by atoms with Crippen molar-refractivity contribution < 1.29 is 4.74 Å². The van der Waals surface area contributed by atoms with Gasteiger partial charge in [0.25, 0.3) is 0 Å². The molecule has 1 heterocycles. The van der Waals surface area contributed by atoms with E-state index in [2.05, 4.69) is 68.4 Å². The fourth-order valence-corrected chi connectivity index (χ4v) is 5.27. The molecule has 0 N–H and O–H groups in total. The zero-order valence-electron chi connectivity index (χ0n) is 15.8. The Morgan fingerprint density at radius 1 is 1.05 bits per heavy atom. The summed E-state index contributed by atoms with van der Waals surface area (Å²) < 4.78 is 6.24. The third-order valence-electron chi connectivity index (χ3n) is 7.27. The van der Waals surface area contributed by atoms with E-state index in [9.17, 15) is 0 Å². The minimum Gasteiger partial charge on any atom is -0.368 e. The van der Waals surface area contributed by atoms with Crippen LogP contribution in [0, 0.1) is 32.1 Å². The molecule has 0 amide bonds. The normalized spacial score (nSPS) is 31.5. The molecule has 2 unspecified atom stereocenters. The van der Waals surface area contributed by atoms with Crippen molar-refractivity contribution in [2.45, 2.75) is 79.2 Å². The van der Waals surface area contributed by atoms with Crippen molar-refractivity contribution in [1.29, 1.82) is 0 Å². The van der Waals surface area contributed by atoms with Gasteiger partial charge in [-0.2, -0.15) is 0 Å². The van der Waals surface area contributed by atoms with Crippen molar-refractivity contribution in [2.24, 2.45) is 11.3 Å². The van der Waals surface area contributed by atoms with Gasteiger partial charge in [-0.1, -0.05) is 47.6 Å². The number of epoxide rings is 1. The molecule has 1 saturated heterocycles. The summed E-state index contributed by atoms with van der Waals surface area (Å²) in [6, 6.07) is 2.38. The molecular weight excluding hydrogens is 268 g/mol. The summed E-state index contributed by atoms with van der Waals surface area (Å²) in [4.78, 5) is 0. The van der Waals surface area contributed by atoms with Crippen LogP contribution in [-0.4, -0.2) is 12.2 Å². The lowest BCUT2D eigenvalue weighted by molar-refractivity contribution is 0.0135. The first-order valence-electron chi connectivity index (χ1n) is 8.74. The van der Waals surface area contributed by atoms with E-state index in [0.29, 0.717) is 11.8 Å². The van der Waals surface area contributed by atoms with Gasteiger partial charge in [0.05, 0.1) is 6.61 Å². The monoisotopic (exact) mass is 300 g/mol. The third kappa shape index (κ3) is 1.64. The average molecular weight is 300 g/mol. The fourth-order valence-electron chi connectivity index (χ4n) is 5.27. The molecule has 1 aromatic rings. The second-order valence-corrected chi connectivity index (χ2v) is 9.07. The maximum absolute atomic E-state index is 6.24. The van der Waals surface area contributed by atoms with Crippen LogP contribution in [0.3, 0.4) is 0 Å². The van der Waals surface area contributed by atoms with E-state index in [1.165, 1.54) is 16.7 Å². The van der Waals surface area contributed by atoms with Crippen LogP contribution in [0.15, 0.2) is 6.07 Å². The van der Waals surface area contributed by atoms with Gasteiger partial charge in [0.15, 0.2) is 0 Å². The van der Waals surface area contributed by atoms with Crippen LogP contribution in [0.2, 0.25) is 0 Å². The number of hydrogen-bond donors (Lipinski definition) is 0. The molecule has 1 spiro atoms. The third-order valence-corrected chi connectivity index (χ3v) is 7.27. The van der Waals surface area contributed by atoms with Gasteiger partial charge in [-0.05, 0) is 59.9 Å². The molecule has 1 aliphatic heterocycles. The van der Waals surface area contributed by atoms with E-state index < -0.39 is 0 Å². The number of ether oxygens (including phenoxy) is 1. The van der Waals surface area contributed by atoms with E-state index in [4.69, 9.17) is 4.74 Å². The molecule has 1 aliphatic carbocycles. The van der Waals surface area contributed by atoms with Crippen LogP contribution in [0.4, 0.5) is 0 Å². The van der Waals surface area contributed by atoms with Gasteiger partial charge in [-0.3, -0.25) is 0 Å². The highest BCUT2D eigenvalue weighted by Gasteiger charge is 2.70. The molecule has 2 atom stereocenters. The Bertz CT molecular complexity index is 630. The zero-order valence-corrected chi connectivity index (χ0v) is 15.8. The summed E-state index contributed by atoms with van der Waals surface area (Å²) in [6.07, 6.45) is 0. The highest BCUT2D eigenvalue weighted by atomic mass is 16.6. The predicted octanol–water partition coefficient (Wildman–Crippen LogP) is 5.44. The molecule has 0 saturated carbocycles. The molecule has 0 bridgehead atoms. The van der Waals surface area contributed by atoms with Crippen molar-refractivity contribution >= 4 is 0 Å². The maximum atomic E-state index is 6.24. The van der Waals surface area contributed by atoms with Crippen LogP contribution in [0.25, 0.3) is 0 Å². The molecule has 1 aromatic carbocycles. The fraction of sp³-hybridized carbons (Fsp3) is 0.714. The van der Waals surface area contributed by atoms with Gasteiger partial charge in [0.2, 0.25) is 0 Å². The van der Waals surface area contributed by atoms with Gasteiger partial charge in [-0.25, -0.2) is 0 Å². The Morgan fingerprint density at radius 3 is 2.05 bits per heavy atom. The van der Waals surface area contributed by atoms with Crippen molar-refractivity contribution in [2.75, 3.05) is 6.61 Å². The zero-order chi connectivity index (χ0) is 16.7. The first-order chi connectivity index (χ1) is 9.99. The summed E-state index contributed by atoms with van der Waals surface area (Å²) in [5.74, 6) is 1.10. The Hall–Kier alpha value is -0.820. The maximum Gasteiger partial charge on any atom is 0.105 e. The summed E-state index contributed by atoms with van der Waals surface area (Å²) in [5, 5.41) is 0. The van der Waals surface area contributed by atoms with Crippen LogP contribution in [-0.2, 0) is 10.2 Å². The standard InChI is InChI=1S/C21H32O/c1-12(2)17-16-14(4)10-13(3)15(5)18(16)19(6,7)20(8,9)21(17)11-22-21/h10,12,17H,11H2,1-9H3. The van der Waals surface area contributed by atoms with Crippen LogP contribution in [0.1, 0.15) is 75.3 Å². The molecule has 1 heteroatoms. The van der Waals surface area contributed by atoms with Gasteiger partial charge in [0, 0.05) is 11.3 Å². The quantitative estimate of drug-likeness (QED) is 0.629. The van der Waals surface area contributed by atoms with Gasteiger partial charge < -0.3 is 4.74 Å². The second-order valence-electron chi connectivity index (χ2n) is 9.07. The molecule has 1 nitrogen and oxygen atoms in total. The van der Waals surface area contributed by atoms with E-state index in [1.54, 1.807) is 11.1 Å². The minimum atomic E-state index is 0.0180. The predicted molar refractivity (Wildman–Crippen MR) is 93.7 cm³/mol. The first kappa shape index (κ1) is 16.1. The number of hydrogen-bond acceptors (Lipinski definition) is 1. The number of benzene rings is 1. The van der Waals surface area contributed by atoms with E-state index in [1.807, 2.05) is 0 Å². The van der Waals surface area contributed by atoms with Crippen molar-refractivity contribution in [3.8, 4) is 0 Å². The summed E-state index contributed by atoms with van der Waals surface area (Å²) >= 11 is 0. The van der Waals surface area contributed by atoms with Crippen LogP contribution >= 0.6 is 0 Å². The van der Waals surface area contributed by atoms with Crippen molar-refractivity contribution in [3.63, 3.8) is 0 Å². The number of fused-ring (bicyclic) bond motifs is 1. The summed E-state index contributed by atoms with van der Waals surface area (Å²) in [7, 11) is 0. The number of rotatable bonds is 1. The molecule has 3 rings (SSSR count). The molecular formula is C21H32O. The summed E-state index contributed by atoms with van der Waals surface area (Å²) in [6.45, 7) is 22.2. The molecule has 22 heavy (non-hydrogen) atoms. The lowest BCUT2D eigenvalue weighted by atomic mass is 9.47. The topological polar surface area (TPSA) is 12.5 Å². The average Bonchev–Trinajstić information content (AvgIpc) is 3.15. The molecule has 0 radical (unpaired) electrons. The van der Waals surface area contributed by atoms with Gasteiger partial charge in [0.1, 0.15) is 5.60 Å². The van der Waals surface area contributed by atoms with Gasteiger partial charge >= 0.3 is 0 Å². The smallest absolute Gasteiger partial charge is 0.105 e. The SMILES string of the molecule is Cc1cc(C)c2c(c1C)C(C)(C)C(C)(C)C1(CO1)C2C(C)C. The van der Waals surface area contributed by atoms with E-state index >= 15 is 0 Å². The van der Waals surface area contributed by atoms with Crippen LogP contribution < -0.4 is 0 Å². The Balaban J connectivity index is 2.43. The van der Waals surface area contributed by atoms with E-state index in [0.717, 1.165) is 6.61 Å². The molecule has 2 aliphatic rings. The van der Waals surface area contributed by atoms with E-state index in [-0.39, 0.29) is 16.4 Å².